The van der Waals surface area contributed by atoms with E-state index in [2.05, 4.69) is 24.8 Å². The van der Waals surface area contributed by atoms with Gasteiger partial charge in [-0.05, 0) is 45.7 Å². The van der Waals surface area contributed by atoms with Crippen LogP contribution in [0, 0.1) is 5.92 Å². The molecule has 0 aliphatic carbocycles. The Hall–Kier alpha value is -1.59. The Morgan fingerprint density at radius 1 is 1.38 bits per heavy atom. The van der Waals surface area contributed by atoms with E-state index >= 15 is 0 Å². The van der Waals surface area contributed by atoms with Crippen LogP contribution in [0.25, 0.3) is 0 Å². The van der Waals surface area contributed by atoms with E-state index < -0.39 is 5.97 Å². The number of piperidine rings is 1. The second kappa shape index (κ2) is 5.74. The van der Waals surface area contributed by atoms with Crippen LogP contribution in [0.4, 0.5) is 0 Å². The molecule has 4 atom stereocenters. The van der Waals surface area contributed by atoms with Crippen LogP contribution in [-0.4, -0.2) is 46.8 Å². The fourth-order valence-electron chi connectivity index (χ4n) is 4.69. The molecular weight excluding hydrogens is 306 g/mol. The lowest BCUT2D eigenvalue weighted by molar-refractivity contribution is -0.190. The average Bonchev–Trinajstić information content (AvgIpc) is 2.53. The zero-order chi connectivity index (χ0) is 16.9. The van der Waals surface area contributed by atoms with E-state index in [-0.39, 0.29) is 36.3 Å². The summed E-state index contributed by atoms with van der Waals surface area (Å²) in [6, 6.07) is 8.31. The summed E-state index contributed by atoms with van der Waals surface area (Å²) in [6.45, 7) is 5.18. The van der Waals surface area contributed by atoms with Crippen LogP contribution in [0.5, 0.6) is 5.75 Å². The first-order valence-corrected chi connectivity index (χ1v) is 8.85. The topological polar surface area (TPSA) is 59.0 Å². The highest BCUT2D eigenvalue weighted by atomic mass is 16.5. The third-order valence-corrected chi connectivity index (χ3v) is 5.84. The Kier molecular flexibility index (Phi) is 3.81. The summed E-state index contributed by atoms with van der Waals surface area (Å²) in [5.74, 6) is 0.380. The van der Waals surface area contributed by atoms with Gasteiger partial charge in [-0.15, -0.1) is 0 Å². The largest absolute Gasteiger partial charge is 0.487 e. The molecule has 1 aromatic carbocycles. The van der Waals surface area contributed by atoms with E-state index in [9.17, 15) is 9.90 Å². The van der Waals surface area contributed by atoms with E-state index in [4.69, 9.17) is 9.47 Å². The number of carboxylic acids is 1. The molecule has 0 amide bonds. The maximum absolute atomic E-state index is 11.2. The van der Waals surface area contributed by atoms with Crippen LogP contribution in [0.2, 0.25) is 0 Å². The molecule has 0 spiro atoms. The summed E-state index contributed by atoms with van der Waals surface area (Å²) >= 11 is 0. The minimum absolute atomic E-state index is 0.0379. The van der Waals surface area contributed by atoms with Gasteiger partial charge in [-0.1, -0.05) is 18.2 Å². The van der Waals surface area contributed by atoms with Crippen LogP contribution in [0.15, 0.2) is 24.3 Å². The van der Waals surface area contributed by atoms with Crippen molar-refractivity contribution in [3.05, 3.63) is 29.8 Å². The molecule has 1 N–H and O–H groups in total. The summed E-state index contributed by atoms with van der Waals surface area (Å²) in [5, 5.41) is 9.21. The smallest absolute Gasteiger partial charge is 0.317 e. The third-order valence-electron chi connectivity index (χ3n) is 5.84. The average molecular weight is 331 g/mol. The van der Waals surface area contributed by atoms with Gasteiger partial charge in [0.25, 0.3) is 0 Å². The van der Waals surface area contributed by atoms with Crippen LogP contribution >= 0.6 is 0 Å². The molecule has 3 aliphatic heterocycles. The Labute approximate surface area is 142 Å². The van der Waals surface area contributed by atoms with Crippen molar-refractivity contribution in [2.45, 2.75) is 57.0 Å². The highest BCUT2D eigenvalue weighted by Gasteiger charge is 2.52. The first-order chi connectivity index (χ1) is 11.5. The zero-order valence-electron chi connectivity index (χ0n) is 14.3. The van der Waals surface area contributed by atoms with Crippen molar-refractivity contribution in [1.82, 2.24) is 4.90 Å². The number of para-hydroxylation sites is 1. The minimum Gasteiger partial charge on any atom is -0.487 e. The summed E-state index contributed by atoms with van der Waals surface area (Å²) in [4.78, 5) is 13.3. The van der Waals surface area contributed by atoms with Crippen LogP contribution in [0.3, 0.4) is 0 Å². The van der Waals surface area contributed by atoms with Gasteiger partial charge in [0.15, 0.2) is 0 Å². The Morgan fingerprint density at radius 3 is 2.96 bits per heavy atom. The fraction of sp³-hybridized carbons (Fsp3) is 0.632. The number of hydrogen-bond donors (Lipinski definition) is 1. The van der Waals surface area contributed by atoms with E-state index in [0.717, 1.165) is 37.1 Å². The van der Waals surface area contributed by atoms with Gasteiger partial charge in [0.2, 0.25) is 0 Å². The molecule has 3 aliphatic rings. The zero-order valence-corrected chi connectivity index (χ0v) is 14.3. The molecule has 0 unspecified atom stereocenters. The third kappa shape index (κ3) is 2.60. The number of benzene rings is 1. The van der Waals surface area contributed by atoms with E-state index in [1.54, 1.807) is 0 Å². The van der Waals surface area contributed by atoms with Crippen molar-refractivity contribution in [2.24, 2.45) is 5.92 Å². The van der Waals surface area contributed by atoms with Crippen molar-refractivity contribution in [2.75, 3.05) is 13.1 Å². The lowest BCUT2D eigenvalue weighted by atomic mass is 9.72. The SMILES string of the molecule is CC1(C)Oc2ccccc2[C@H]2O[C@H]3CCCN(CC(=O)O)[C@H]3C[C@@H]21. The van der Waals surface area contributed by atoms with E-state index in [1.807, 2.05) is 18.2 Å². The maximum atomic E-state index is 11.2. The molecule has 3 heterocycles. The number of carboxylic acid groups (broad SMARTS) is 1. The van der Waals surface area contributed by atoms with Crippen molar-refractivity contribution in [3.8, 4) is 5.75 Å². The number of fused-ring (bicyclic) bond motifs is 4. The molecule has 0 saturated carbocycles. The predicted molar refractivity (Wildman–Crippen MR) is 89.1 cm³/mol. The monoisotopic (exact) mass is 331 g/mol. The number of hydrogen-bond acceptors (Lipinski definition) is 4. The van der Waals surface area contributed by atoms with Gasteiger partial charge in [0.05, 0.1) is 18.8 Å². The van der Waals surface area contributed by atoms with Crippen molar-refractivity contribution in [1.29, 1.82) is 0 Å². The second-order valence-corrected chi connectivity index (χ2v) is 7.75. The van der Waals surface area contributed by atoms with E-state index in [1.165, 1.54) is 0 Å². The first kappa shape index (κ1) is 15.9. The van der Waals surface area contributed by atoms with Gasteiger partial charge in [0.1, 0.15) is 11.4 Å². The summed E-state index contributed by atoms with van der Waals surface area (Å²) in [5.41, 5.74) is 0.812. The number of ether oxygens (including phenoxy) is 2. The van der Waals surface area contributed by atoms with Crippen molar-refractivity contribution in [3.63, 3.8) is 0 Å². The van der Waals surface area contributed by atoms with Gasteiger partial charge < -0.3 is 14.6 Å². The van der Waals surface area contributed by atoms with Gasteiger partial charge in [0, 0.05) is 17.5 Å². The molecule has 0 bridgehead atoms. The molecule has 0 aromatic heterocycles. The van der Waals surface area contributed by atoms with Crippen molar-refractivity contribution >= 4 is 5.97 Å². The van der Waals surface area contributed by atoms with Crippen LogP contribution in [0.1, 0.15) is 44.8 Å². The van der Waals surface area contributed by atoms with E-state index in [0.29, 0.717) is 0 Å². The number of aliphatic carboxylic acids is 1. The highest BCUT2D eigenvalue weighted by molar-refractivity contribution is 5.69. The Morgan fingerprint density at radius 2 is 2.17 bits per heavy atom. The highest BCUT2D eigenvalue weighted by Crippen LogP contribution is 2.52. The van der Waals surface area contributed by atoms with Crippen molar-refractivity contribution < 1.29 is 19.4 Å². The summed E-state index contributed by atoms with van der Waals surface area (Å²) in [7, 11) is 0. The second-order valence-electron chi connectivity index (χ2n) is 7.75. The molecule has 24 heavy (non-hydrogen) atoms. The van der Waals surface area contributed by atoms with Gasteiger partial charge in [-0.3, -0.25) is 9.69 Å². The maximum Gasteiger partial charge on any atom is 0.317 e. The molecule has 5 heteroatoms. The first-order valence-electron chi connectivity index (χ1n) is 8.85. The molecule has 130 valence electrons. The Bertz CT molecular complexity index is 644. The molecular formula is C19H25NO4. The number of likely N-dealkylation sites (tertiary alicyclic amines) is 1. The number of nitrogens with zero attached hydrogens (tertiary/aromatic N) is 1. The molecule has 2 saturated heterocycles. The number of carbonyl (C=O) groups is 1. The van der Waals surface area contributed by atoms with Gasteiger partial charge in [-0.25, -0.2) is 0 Å². The van der Waals surface area contributed by atoms with Crippen LogP contribution < -0.4 is 4.74 Å². The fourth-order valence-corrected chi connectivity index (χ4v) is 4.69. The molecule has 2 fully saturated rings. The normalized spacial score (nSPS) is 34.4. The summed E-state index contributed by atoms with van der Waals surface area (Å²) in [6.07, 6.45) is 3.07. The standard InChI is InChI=1S/C19H25NO4/c1-19(2)13-10-14-16(8-5-9-20(14)11-17(21)22)23-18(13)12-6-3-4-7-15(12)24-19/h3-4,6-7,13-14,16,18H,5,8-11H2,1-2H3,(H,21,22)/t13-,14-,16-,18+/m0/s1. The summed E-state index contributed by atoms with van der Waals surface area (Å²) < 4.78 is 12.8. The van der Waals surface area contributed by atoms with Crippen LogP contribution in [-0.2, 0) is 9.53 Å². The van der Waals surface area contributed by atoms with Gasteiger partial charge in [-0.2, -0.15) is 0 Å². The molecule has 4 rings (SSSR count). The minimum atomic E-state index is -0.762. The predicted octanol–water partition coefficient (Wildman–Crippen LogP) is 2.85. The lowest BCUT2D eigenvalue weighted by Crippen LogP contribution is -2.59. The quantitative estimate of drug-likeness (QED) is 0.903. The molecule has 1 aromatic rings. The molecule has 0 radical (unpaired) electrons. The number of rotatable bonds is 2. The lowest BCUT2D eigenvalue weighted by Gasteiger charge is -2.54. The Balaban J connectivity index is 1.66. The van der Waals surface area contributed by atoms with Gasteiger partial charge >= 0.3 is 5.97 Å². The molecule has 5 nitrogen and oxygen atoms in total.